The second-order valence-electron chi connectivity index (χ2n) is 10.6. The molecular weight excluding hydrogens is 595 g/mol. The van der Waals surface area contributed by atoms with Crippen molar-refractivity contribution in [3.8, 4) is 11.5 Å². The Hall–Kier alpha value is -2.27. The molecule has 0 bridgehead atoms. The molecule has 0 N–H and O–H groups in total. The fourth-order valence-electron chi connectivity index (χ4n) is 5.81. The van der Waals surface area contributed by atoms with Gasteiger partial charge in [0.05, 0.1) is 4.58 Å². The summed E-state index contributed by atoms with van der Waals surface area (Å²) in [6.45, 7) is 1.14. The van der Waals surface area contributed by atoms with E-state index in [1.54, 1.807) is 6.07 Å². The molecular formula is C30H29ClF3NO4S2. The predicted molar refractivity (Wildman–Crippen MR) is 157 cm³/mol. The number of ether oxygens (including phenoxy) is 3. The lowest BCUT2D eigenvalue weighted by atomic mass is 9.87. The molecule has 1 spiro atoms. The third kappa shape index (κ3) is 6.40. The minimum Gasteiger partial charge on any atom is -0.489 e. The number of hydrogen-bond acceptors (Lipinski definition) is 7. The number of carbonyl (C=O) groups excluding carboxylic acids is 1. The molecule has 0 amide bonds. The number of carbonyl (C=O) groups is 1. The minimum atomic E-state index is -5.08. The van der Waals surface area contributed by atoms with Gasteiger partial charge in [0.2, 0.25) is 0 Å². The van der Waals surface area contributed by atoms with Crippen molar-refractivity contribution in [2.75, 3.05) is 37.7 Å². The van der Waals surface area contributed by atoms with Gasteiger partial charge in [0.15, 0.2) is 0 Å². The molecule has 0 saturated carbocycles. The van der Waals surface area contributed by atoms with Gasteiger partial charge in [-0.2, -0.15) is 13.2 Å². The Morgan fingerprint density at radius 3 is 2.61 bits per heavy atom. The molecule has 0 aliphatic carbocycles. The Labute approximate surface area is 250 Å². The Balaban J connectivity index is 1.16. The maximum atomic E-state index is 13.2. The van der Waals surface area contributed by atoms with E-state index in [2.05, 4.69) is 0 Å². The highest BCUT2D eigenvalue weighted by Gasteiger charge is 2.44. The summed E-state index contributed by atoms with van der Waals surface area (Å²) < 4.78 is 57.2. The number of halogens is 4. The lowest BCUT2D eigenvalue weighted by Crippen LogP contribution is -2.50. The van der Waals surface area contributed by atoms with E-state index in [1.165, 1.54) is 0 Å². The monoisotopic (exact) mass is 623 g/mol. The summed E-state index contributed by atoms with van der Waals surface area (Å²) in [5, 5.41) is 2.79. The van der Waals surface area contributed by atoms with Crippen molar-refractivity contribution in [1.29, 1.82) is 0 Å². The molecule has 0 aromatic heterocycles. The number of fused-ring (bicyclic) bond motifs is 2. The van der Waals surface area contributed by atoms with Crippen LogP contribution in [0, 0.1) is 0 Å². The fraction of sp³-hybridized carbons (Fsp3) is 0.433. The minimum absolute atomic E-state index is 0.131. The average Bonchev–Trinajstić information content (AvgIpc) is 3.60. The SMILES string of the molecule is O=C(O[C@H](COc1ccc2ccccc2c1C1SCCS1)CN1CCC2(CC1)Cc1cc(Cl)ccc1O2)C(F)(F)F. The Kier molecular flexibility index (Phi) is 8.28. The van der Waals surface area contributed by atoms with E-state index < -0.39 is 18.2 Å². The third-order valence-corrected chi connectivity index (χ3v) is 11.1. The Morgan fingerprint density at radius 2 is 1.85 bits per heavy atom. The van der Waals surface area contributed by atoms with Crippen LogP contribution in [-0.2, 0) is 16.0 Å². The van der Waals surface area contributed by atoms with Gasteiger partial charge in [-0.15, -0.1) is 23.5 Å². The van der Waals surface area contributed by atoms with Gasteiger partial charge >= 0.3 is 12.1 Å². The zero-order chi connectivity index (χ0) is 28.6. The zero-order valence-electron chi connectivity index (χ0n) is 22.1. The average molecular weight is 624 g/mol. The highest BCUT2D eigenvalue weighted by Crippen LogP contribution is 2.50. The summed E-state index contributed by atoms with van der Waals surface area (Å²) in [4.78, 5) is 13.9. The summed E-state index contributed by atoms with van der Waals surface area (Å²) in [6, 6.07) is 17.4. The molecule has 2 fully saturated rings. The van der Waals surface area contributed by atoms with Crippen molar-refractivity contribution in [3.63, 3.8) is 0 Å². The van der Waals surface area contributed by atoms with Gasteiger partial charge in [-0.3, -0.25) is 4.90 Å². The molecule has 6 rings (SSSR count). The molecule has 3 heterocycles. The van der Waals surface area contributed by atoms with Crippen molar-refractivity contribution in [2.45, 2.75) is 41.7 Å². The normalized spacial score (nSPS) is 19.7. The van der Waals surface area contributed by atoms with Crippen molar-refractivity contribution in [3.05, 3.63) is 70.7 Å². The van der Waals surface area contributed by atoms with Crippen molar-refractivity contribution < 1.29 is 32.2 Å². The third-order valence-electron chi connectivity index (χ3n) is 7.81. The number of benzene rings is 3. The quantitative estimate of drug-likeness (QED) is 0.256. The van der Waals surface area contributed by atoms with Crippen LogP contribution >= 0.6 is 35.1 Å². The van der Waals surface area contributed by atoms with Crippen LogP contribution in [0.3, 0.4) is 0 Å². The van der Waals surface area contributed by atoms with E-state index in [4.69, 9.17) is 25.8 Å². The first-order valence-corrected chi connectivity index (χ1v) is 16.0. The van der Waals surface area contributed by atoms with Crippen LogP contribution < -0.4 is 9.47 Å². The summed E-state index contributed by atoms with van der Waals surface area (Å²) in [5.41, 5.74) is 1.74. The van der Waals surface area contributed by atoms with Crippen molar-refractivity contribution in [2.24, 2.45) is 0 Å². The summed E-state index contributed by atoms with van der Waals surface area (Å²) in [5.74, 6) is 1.27. The van der Waals surface area contributed by atoms with Gasteiger partial charge < -0.3 is 14.2 Å². The zero-order valence-corrected chi connectivity index (χ0v) is 24.5. The van der Waals surface area contributed by atoms with Crippen LogP contribution in [0.4, 0.5) is 13.2 Å². The van der Waals surface area contributed by atoms with Crippen LogP contribution in [0.25, 0.3) is 10.8 Å². The molecule has 5 nitrogen and oxygen atoms in total. The van der Waals surface area contributed by atoms with Crippen LogP contribution in [0.5, 0.6) is 11.5 Å². The standard InChI is InChI=1S/C30H29ClF3NO4S2/c31-21-6-8-24-20(15-21)16-29(39-24)9-11-35(12-10-29)17-22(38-28(36)30(32,33)34)18-37-25-7-5-19-3-1-2-4-23(19)26(25)27-40-13-14-41-27/h1-8,15,22,27H,9-14,16-18H2/t22-/m0/s1. The van der Waals surface area contributed by atoms with E-state index in [1.807, 2.05) is 77.0 Å². The lowest BCUT2D eigenvalue weighted by molar-refractivity contribution is -0.206. The van der Waals surface area contributed by atoms with Gasteiger partial charge in [-0.05, 0) is 40.6 Å². The number of alkyl halides is 3. The first-order chi connectivity index (χ1) is 19.7. The molecule has 3 aliphatic heterocycles. The highest BCUT2D eigenvalue weighted by molar-refractivity contribution is 8.19. The number of hydrogen-bond donors (Lipinski definition) is 0. The molecule has 0 radical (unpaired) electrons. The van der Waals surface area contributed by atoms with Gasteiger partial charge in [0.1, 0.15) is 29.8 Å². The maximum absolute atomic E-state index is 13.2. The first-order valence-electron chi connectivity index (χ1n) is 13.5. The van der Waals surface area contributed by atoms with Crippen LogP contribution in [0.1, 0.15) is 28.6 Å². The van der Waals surface area contributed by atoms with E-state index in [0.717, 1.165) is 45.6 Å². The largest absolute Gasteiger partial charge is 0.490 e. The molecule has 2 saturated heterocycles. The first kappa shape index (κ1) is 28.8. The smallest absolute Gasteiger partial charge is 0.489 e. The van der Waals surface area contributed by atoms with Gasteiger partial charge in [0.25, 0.3) is 0 Å². The fourth-order valence-corrected chi connectivity index (χ4v) is 8.98. The summed E-state index contributed by atoms with van der Waals surface area (Å²) in [6.07, 6.45) is -4.04. The second kappa shape index (κ2) is 11.8. The van der Waals surface area contributed by atoms with E-state index in [0.29, 0.717) is 36.7 Å². The number of piperidine rings is 1. The van der Waals surface area contributed by atoms with E-state index >= 15 is 0 Å². The second-order valence-corrected chi connectivity index (χ2v) is 13.8. The molecule has 3 aliphatic rings. The molecule has 0 unspecified atom stereocenters. The summed E-state index contributed by atoms with van der Waals surface area (Å²) in [7, 11) is 0. The Bertz CT molecular complexity index is 1420. The number of esters is 1. The van der Waals surface area contributed by atoms with Crippen molar-refractivity contribution in [1.82, 2.24) is 4.90 Å². The number of thioether (sulfide) groups is 2. The molecule has 218 valence electrons. The number of nitrogens with zero attached hydrogens (tertiary/aromatic N) is 1. The van der Waals surface area contributed by atoms with E-state index in [9.17, 15) is 18.0 Å². The number of likely N-dealkylation sites (tertiary alicyclic amines) is 1. The summed E-state index contributed by atoms with van der Waals surface area (Å²) >= 11 is 9.81. The van der Waals surface area contributed by atoms with Crippen LogP contribution in [-0.4, -0.2) is 66.5 Å². The topological polar surface area (TPSA) is 48.0 Å². The highest BCUT2D eigenvalue weighted by atomic mass is 35.5. The van der Waals surface area contributed by atoms with Crippen molar-refractivity contribution >= 4 is 51.9 Å². The number of rotatable bonds is 7. The Morgan fingerprint density at radius 1 is 1.10 bits per heavy atom. The van der Waals surface area contributed by atoms with Gasteiger partial charge in [0, 0.05) is 61.0 Å². The molecule has 1 atom stereocenters. The van der Waals surface area contributed by atoms with Gasteiger partial charge in [-0.1, -0.05) is 41.9 Å². The van der Waals surface area contributed by atoms with E-state index in [-0.39, 0.29) is 23.3 Å². The molecule has 11 heteroatoms. The molecule has 41 heavy (non-hydrogen) atoms. The van der Waals surface area contributed by atoms with Gasteiger partial charge in [-0.25, -0.2) is 4.79 Å². The van der Waals surface area contributed by atoms with Crippen LogP contribution in [0.2, 0.25) is 5.02 Å². The lowest BCUT2D eigenvalue weighted by Gasteiger charge is -2.39. The molecule has 3 aromatic rings. The maximum Gasteiger partial charge on any atom is 0.490 e. The molecule has 3 aromatic carbocycles. The van der Waals surface area contributed by atoms with Crippen LogP contribution in [0.15, 0.2) is 54.6 Å². The predicted octanol–water partition coefficient (Wildman–Crippen LogP) is 7.29.